The van der Waals surface area contributed by atoms with E-state index in [4.69, 9.17) is 5.73 Å². The van der Waals surface area contributed by atoms with E-state index in [0.29, 0.717) is 24.2 Å². The molecule has 4 N–H and O–H groups in total. The molecule has 1 aromatic rings. The summed E-state index contributed by atoms with van der Waals surface area (Å²) in [4.78, 5) is 3.93. The van der Waals surface area contributed by atoms with E-state index in [1.807, 2.05) is 0 Å². The highest BCUT2D eigenvalue weighted by Gasteiger charge is 2.38. The molecule has 0 bridgehead atoms. The van der Waals surface area contributed by atoms with Gasteiger partial charge in [0, 0.05) is 11.8 Å². The Morgan fingerprint density at radius 1 is 1.31 bits per heavy atom. The number of aliphatic hydroxyl groups is 2. The van der Waals surface area contributed by atoms with Crippen LogP contribution in [0, 0.1) is 0 Å². The van der Waals surface area contributed by atoms with E-state index >= 15 is 0 Å². The molecule has 1 atom stereocenters. The summed E-state index contributed by atoms with van der Waals surface area (Å²) in [6.07, 6.45) is 4.93. The highest BCUT2D eigenvalue weighted by Crippen LogP contribution is 2.39. The van der Waals surface area contributed by atoms with E-state index in [-0.39, 0.29) is 0 Å². The predicted octanol–water partition coefficient (Wildman–Crippen LogP) is 1.39. The van der Waals surface area contributed by atoms with E-state index < -0.39 is 11.7 Å². The lowest BCUT2D eigenvalue weighted by Crippen LogP contribution is -2.38. The van der Waals surface area contributed by atoms with Crippen LogP contribution >= 0.6 is 0 Å². The smallest absolute Gasteiger partial charge is 0.129 e. The second-order valence-corrected chi connectivity index (χ2v) is 4.54. The van der Waals surface area contributed by atoms with Crippen LogP contribution in [0.5, 0.6) is 0 Å². The van der Waals surface area contributed by atoms with Gasteiger partial charge in [0.15, 0.2) is 0 Å². The fourth-order valence-corrected chi connectivity index (χ4v) is 2.39. The minimum Gasteiger partial charge on any atom is -0.387 e. The van der Waals surface area contributed by atoms with E-state index in [1.54, 1.807) is 18.3 Å². The lowest BCUT2D eigenvalue weighted by Gasteiger charge is -2.36. The zero-order valence-corrected chi connectivity index (χ0v) is 9.26. The third kappa shape index (κ3) is 2.03. The highest BCUT2D eigenvalue weighted by molar-refractivity contribution is 5.41. The van der Waals surface area contributed by atoms with Crippen molar-refractivity contribution in [2.24, 2.45) is 0 Å². The molecule has 0 aliphatic heterocycles. The second-order valence-electron chi connectivity index (χ2n) is 4.54. The van der Waals surface area contributed by atoms with Gasteiger partial charge < -0.3 is 15.9 Å². The van der Waals surface area contributed by atoms with Gasteiger partial charge in [-0.2, -0.15) is 0 Å². The fourth-order valence-electron chi connectivity index (χ4n) is 2.39. The van der Waals surface area contributed by atoms with Crippen molar-refractivity contribution in [3.63, 3.8) is 0 Å². The minimum atomic E-state index is -1.03. The molecule has 16 heavy (non-hydrogen) atoms. The molecule has 1 unspecified atom stereocenters. The average Bonchev–Trinajstić information content (AvgIpc) is 2.30. The van der Waals surface area contributed by atoms with Crippen LogP contribution in [0.3, 0.4) is 0 Å². The summed E-state index contributed by atoms with van der Waals surface area (Å²) in [6.45, 7) is 0. The van der Waals surface area contributed by atoms with Gasteiger partial charge >= 0.3 is 0 Å². The molecule has 4 heteroatoms. The molecular formula is C12H18N2O2. The van der Waals surface area contributed by atoms with Gasteiger partial charge in [0.1, 0.15) is 11.9 Å². The fraction of sp³-hybridized carbons (Fsp3) is 0.583. The number of hydrogen-bond donors (Lipinski definition) is 3. The summed E-state index contributed by atoms with van der Waals surface area (Å²) < 4.78 is 0. The molecule has 88 valence electrons. The number of nitrogens with zero attached hydrogens (tertiary/aromatic N) is 1. The van der Waals surface area contributed by atoms with Crippen LogP contribution in [0.15, 0.2) is 18.3 Å². The first-order valence-electron chi connectivity index (χ1n) is 5.74. The maximum Gasteiger partial charge on any atom is 0.129 e. The number of aromatic nitrogens is 1. The van der Waals surface area contributed by atoms with Crippen molar-refractivity contribution in [2.75, 3.05) is 5.73 Å². The predicted molar refractivity (Wildman–Crippen MR) is 61.6 cm³/mol. The third-order valence-electron chi connectivity index (χ3n) is 3.39. The summed E-state index contributed by atoms with van der Waals surface area (Å²) in [5.41, 5.74) is 5.21. The van der Waals surface area contributed by atoms with Gasteiger partial charge in [0.2, 0.25) is 0 Å². The van der Waals surface area contributed by atoms with Gasteiger partial charge in [-0.1, -0.05) is 25.3 Å². The van der Waals surface area contributed by atoms with E-state index in [2.05, 4.69) is 4.98 Å². The molecule has 4 nitrogen and oxygen atoms in total. The summed E-state index contributed by atoms with van der Waals surface area (Å²) in [7, 11) is 0. The Balaban J connectivity index is 2.24. The third-order valence-corrected chi connectivity index (χ3v) is 3.39. The van der Waals surface area contributed by atoms with Crippen molar-refractivity contribution in [2.45, 2.75) is 43.8 Å². The summed E-state index contributed by atoms with van der Waals surface area (Å²) >= 11 is 0. The molecule has 0 amide bonds. The number of hydrogen-bond acceptors (Lipinski definition) is 4. The Bertz CT molecular complexity index is 362. The number of aliphatic hydroxyl groups excluding tert-OH is 1. The first kappa shape index (κ1) is 11.4. The Morgan fingerprint density at radius 2 is 2.00 bits per heavy atom. The molecule has 0 aromatic carbocycles. The zero-order valence-electron chi connectivity index (χ0n) is 9.26. The minimum absolute atomic E-state index is 0.300. The van der Waals surface area contributed by atoms with Crippen molar-refractivity contribution in [1.82, 2.24) is 4.98 Å². The Kier molecular flexibility index (Phi) is 3.12. The largest absolute Gasteiger partial charge is 0.387 e. The first-order valence-corrected chi connectivity index (χ1v) is 5.74. The van der Waals surface area contributed by atoms with Crippen molar-refractivity contribution in [3.05, 3.63) is 23.9 Å². The van der Waals surface area contributed by atoms with Crippen LogP contribution in [0.2, 0.25) is 0 Å². The lowest BCUT2D eigenvalue weighted by atomic mass is 9.78. The molecule has 1 aliphatic rings. The standard InChI is InChI=1S/C12H18N2O2/c13-11-9(5-4-8-14-11)10(15)12(16)6-2-1-3-7-12/h4-5,8,10,15-16H,1-3,6-7H2,(H2,13,14). The zero-order chi connectivity index (χ0) is 11.6. The summed E-state index contributed by atoms with van der Waals surface area (Å²) in [5.74, 6) is 0.300. The van der Waals surface area contributed by atoms with Crippen LogP contribution in [0.1, 0.15) is 43.8 Å². The van der Waals surface area contributed by atoms with Gasteiger partial charge in [-0.15, -0.1) is 0 Å². The van der Waals surface area contributed by atoms with Crippen molar-refractivity contribution < 1.29 is 10.2 Å². The van der Waals surface area contributed by atoms with Crippen molar-refractivity contribution >= 4 is 5.82 Å². The SMILES string of the molecule is Nc1ncccc1C(O)C1(O)CCCCC1. The van der Waals surface area contributed by atoms with Crippen LogP contribution in [0.25, 0.3) is 0 Å². The molecule has 1 aromatic heterocycles. The van der Waals surface area contributed by atoms with Crippen molar-refractivity contribution in [3.8, 4) is 0 Å². The molecule has 1 fully saturated rings. The number of pyridine rings is 1. The molecule has 0 saturated heterocycles. The average molecular weight is 222 g/mol. The quantitative estimate of drug-likeness (QED) is 0.706. The van der Waals surface area contributed by atoms with Crippen LogP contribution in [0.4, 0.5) is 5.82 Å². The van der Waals surface area contributed by atoms with E-state index in [1.165, 1.54) is 0 Å². The number of nitrogen functional groups attached to an aromatic ring is 1. The highest BCUT2D eigenvalue weighted by atomic mass is 16.3. The molecule has 1 aliphatic carbocycles. The van der Waals surface area contributed by atoms with Gasteiger partial charge in [0.25, 0.3) is 0 Å². The van der Waals surface area contributed by atoms with Gasteiger partial charge in [-0.3, -0.25) is 0 Å². The Morgan fingerprint density at radius 3 is 2.62 bits per heavy atom. The molecule has 1 heterocycles. The Hall–Kier alpha value is -1.13. The maximum absolute atomic E-state index is 10.4. The summed E-state index contributed by atoms with van der Waals surface area (Å²) in [6, 6.07) is 3.45. The van der Waals surface area contributed by atoms with Crippen LogP contribution < -0.4 is 5.73 Å². The number of anilines is 1. The molecule has 0 spiro atoms. The molecular weight excluding hydrogens is 204 g/mol. The van der Waals surface area contributed by atoms with Crippen LogP contribution in [-0.2, 0) is 0 Å². The van der Waals surface area contributed by atoms with Gasteiger partial charge in [0.05, 0.1) is 5.60 Å². The van der Waals surface area contributed by atoms with Crippen LogP contribution in [-0.4, -0.2) is 20.8 Å². The van der Waals surface area contributed by atoms with Crippen molar-refractivity contribution in [1.29, 1.82) is 0 Å². The van der Waals surface area contributed by atoms with Gasteiger partial charge in [-0.25, -0.2) is 4.98 Å². The molecule has 2 rings (SSSR count). The monoisotopic (exact) mass is 222 g/mol. The normalized spacial score (nSPS) is 21.6. The molecule has 1 saturated carbocycles. The van der Waals surface area contributed by atoms with E-state index in [9.17, 15) is 10.2 Å². The maximum atomic E-state index is 10.4. The number of nitrogens with two attached hydrogens (primary N) is 1. The second kappa shape index (κ2) is 4.39. The van der Waals surface area contributed by atoms with E-state index in [0.717, 1.165) is 19.3 Å². The topological polar surface area (TPSA) is 79.4 Å². The Labute approximate surface area is 95.1 Å². The first-order chi connectivity index (χ1) is 7.63. The lowest BCUT2D eigenvalue weighted by molar-refractivity contribution is -0.0989. The molecule has 0 radical (unpaired) electrons. The number of rotatable bonds is 2. The summed E-state index contributed by atoms with van der Waals surface area (Å²) in [5, 5.41) is 20.6. The van der Waals surface area contributed by atoms with Gasteiger partial charge in [-0.05, 0) is 18.9 Å².